The Hall–Kier alpha value is -4.46. The van der Waals surface area contributed by atoms with Crippen molar-refractivity contribution in [3.05, 3.63) is 89.0 Å². The second kappa shape index (κ2) is 8.35. The number of amides is 3. The first-order chi connectivity index (χ1) is 15.4. The molecule has 0 aliphatic carbocycles. The SMILES string of the molecule is COC(=O)c1cccc(NC(=O)c2ccc3c(c2)C(=O)N(c2ccc(OC)cc2)C3=O)c1. The van der Waals surface area contributed by atoms with Crippen LogP contribution < -0.4 is 15.0 Å². The predicted octanol–water partition coefficient (Wildman–Crippen LogP) is 3.53. The number of hydrogen-bond acceptors (Lipinski definition) is 6. The highest BCUT2D eigenvalue weighted by Gasteiger charge is 2.37. The van der Waals surface area contributed by atoms with E-state index in [1.165, 1.54) is 38.5 Å². The second-order valence-corrected chi connectivity index (χ2v) is 6.93. The summed E-state index contributed by atoms with van der Waals surface area (Å²) in [6.45, 7) is 0. The molecular weight excluding hydrogens is 412 g/mol. The number of ether oxygens (including phenoxy) is 2. The van der Waals surface area contributed by atoms with Crippen molar-refractivity contribution >= 4 is 35.1 Å². The van der Waals surface area contributed by atoms with Crippen molar-refractivity contribution in [2.75, 3.05) is 24.4 Å². The van der Waals surface area contributed by atoms with E-state index in [2.05, 4.69) is 10.1 Å². The standard InChI is InChI=1S/C24H18N2O6/c1-31-18-9-7-17(8-10-18)26-22(28)19-11-6-14(13-20(19)23(26)29)21(27)25-16-5-3-4-15(12-16)24(30)32-2/h3-13H,1-2H3,(H,25,27). The molecule has 0 fully saturated rings. The van der Waals surface area contributed by atoms with Crippen LogP contribution in [0.15, 0.2) is 66.7 Å². The van der Waals surface area contributed by atoms with Crippen molar-refractivity contribution in [2.24, 2.45) is 0 Å². The van der Waals surface area contributed by atoms with Crippen LogP contribution >= 0.6 is 0 Å². The van der Waals surface area contributed by atoms with E-state index in [0.717, 1.165) is 4.90 Å². The summed E-state index contributed by atoms with van der Waals surface area (Å²) >= 11 is 0. The predicted molar refractivity (Wildman–Crippen MR) is 116 cm³/mol. The number of anilines is 2. The van der Waals surface area contributed by atoms with Gasteiger partial charge in [0.15, 0.2) is 0 Å². The van der Waals surface area contributed by atoms with Crippen molar-refractivity contribution in [1.29, 1.82) is 0 Å². The maximum absolute atomic E-state index is 12.9. The van der Waals surface area contributed by atoms with E-state index in [-0.39, 0.29) is 22.3 Å². The molecule has 0 radical (unpaired) electrons. The number of methoxy groups -OCH3 is 2. The summed E-state index contributed by atoms with van der Waals surface area (Å²) in [6.07, 6.45) is 0. The average molecular weight is 430 g/mol. The molecule has 0 atom stereocenters. The quantitative estimate of drug-likeness (QED) is 0.491. The Morgan fingerprint density at radius 3 is 2.22 bits per heavy atom. The van der Waals surface area contributed by atoms with Gasteiger partial charge in [-0.15, -0.1) is 0 Å². The summed E-state index contributed by atoms with van der Waals surface area (Å²) in [5.74, 6) is -1.40. The third kappa shape index (κ3) is 3.69. The fraction of sp³-hybridized carbons (Fsp3) is 0.0833. The van der Waals surface area contributed by atoms with Crippen LogP contribution in [-0.4, -0.2) is 37.9 Å². The molecule has 1 N–H and O–H groups in total. The summed E-state index contributed by atoms with van der Waals surface area (Å²) < 4.78 is 9.79. The lowest BCUT2D eigenvalue weighted by atomic mass is 10.1. The first-order valence-corrected chi connectivity index (χ1v) is 9.59. The number of esters is 1. The summed E-state index contributed by atoms with van der Waals surface area (Å²) in [5, 5.41) is 2.68. The van der Waals surface area contributed by atoms with Gasteiger partial charge in [0.25, 0.3) is 17.7 Å². The number of fused-ring (bicyclic) bond motifs is 1. The lowest BCUT2D eigenvalue weighted by Crippen LogP contribution is -2.29. The van der Waals surface area contributed by atoms with Crippen molar-refractivity contribution in [3.63, 3.8) is 0 Å². The van der Waals surface area contributed by atoms with Crippen molar-refractivity contribution < 1.29 is 28.7 Å². The molecule has 0 saturated heterocycles. The number of benzene rings is 3. The van der Waals surface area contributed by atoms with Crippen LogP contribution in [0.4, 0.5) is 11.4 Å². The van der Waals surface area contributed by atoms with E-state index < -0.39 is 23.7 Å². The highest BCUT2D eigenvalue weighted by Crippen LogP contribution is 2.30. The Morgan fingerprint density at radius 1 is 0.812 bits per heavy atom. The minimum absolute atomic E-state index is 0.141. The fourth-order valence-corrected chi connectivity index (χ4v) is 3.39. The van der Waals surface area contributed by atoms with Gasteiger partial charge in [0, 0.05) is 11.3 Å². The van der Waals surface area contributed by atoms with E-state index >= 15 is 0 Å². The molecule has 1 aliphatic rings. The van der Waals surface area contributed by atoms with Gasteiger partial charge < -0.3 is 14.8 Å². The number of nitrogens with one attached hydrogen (secondary N) is 1. The zero-order valence-electron chi connectivity index (χ0n) is 17.2. The molecule has 0 unspecified atom stereocenters. The summed E-state index contributed by atoms with van der Waals surface area (Å²) in [7, 11) is 2.79. The molecule has 8 nitrogen and oxygen atoms in total. The Morgan fingerprint density at radius 2 is 1.53 bits per heavy atom. The van der Waals surface area contributed by atoms with Gasteiger partial charge in [0.05, 0.1) is 36.6 Å². The lowest BCUT2D eigenvalue weighted by molar-refractivity contribution is 0.0600. The van der Waals surface area contributed by atoms with E-state index in [0.29, 0.717) is 17.1 Å². The maximum Gasteiger partial charge on any atom is 0.337 e. The van der Waals surface area contributed by atoms with Gasteiger partial charge in [-0.25, -0.2) is 9.69 Å². The lowest BCUT2D eigenvalue weighted by Gasteiger charge is -2.14. The van der Waals surface area contributed by atoms with Crippen LogP contribution in [-0.2, 0) is 4.74 Å². The smallest absolute Gasteiger partial charge is 0.337 e. The Bertz CT molecular complexity index is 1250. The molecule has 0 aromatic heterocycles. The number of hydrogen-bond donors (Lipinski definition) is 1. The van der Waals surface area contributed by atoms with Gasteiger partial charge in [0.1, 0.15) is 5.75 Å². The first kappa shape index (κ1) is 20.8. The number of imide groups is 1. The third-order valence-corrected chi connectivity index (χ3v) is 5.02. The normalized spacial score (nSPS) is 12.4. The van der Waals surface area contributed by atoms with Crippen LogP contribution in [0.25, 0.3) is 0 Å². The van der Waals surface area contributed by atoms with Crippen LogP contribution in [0.2, 0.25) is 0 Å². The number of nitrogens with zero attached hydrogens (tertiary/aromatic N) is 1. The van der Waals surface area contributed by atoms with Crippen molar-refractivity contribution in [3.8, 4) is 5.75 Å². The molecule has 0 saturated carbocycles. The van der Waals surface area contributed by atoms with Gasteiger partial charge in [-0.2, -0.15) is 0 Å². The average Bonchev–Trinajstić information content (AvgIpc) is 3.08. The minimum Gasteiger partial charge on any atom is -0.497 e. The molecule has 32 heavy (non-hydrogen) atoms. The van der Waals surface area contributed by atoms with Crippen LogP contribution in [0, 0.1) is 0 Å². The molecule has 1 heterocycles. The summed E-state index contributed by atoms with van der Waals surface area (Å²) in [5.41, 5.74) is 1.64. The zero-order valence-corrected chi connectivity index (χ0v) is 17.2. The largest absolute Gasteiger partial charge is 0.497 e. The molecule has 160 valence electrons. The monoisotopic (exact) mass is 430 g/mol. The van der Waals surface area contributed by atoms with Gasteiger partial charge >= 0.3 is 5.97 Å². The molecule has 4 rings (SSSR count). The van der Waals surface area contributed by atoms with Gasteiger partial charge in [-0.1, -0.05) is 6.07 Å². The number of carbonyl (C=O) groups excluding carboxylic acids is 4. The summed E-state index contributed by atoms with van der Waals surface area (Å²) in [6, 6.07) is 17.1. The van der Waals surface area contributed by atoms with E-state index in [9.17, 15) is 19.2 Å². The Balaban J connectivity index is 1.58. The molecule has 3 amide bonds. The van der Waals surface area contributed by atoms with E-state index in [1.807, 2.05) is 0 Å². The topological polar surface area (TPSA) is 102 Å². The van der Waals surface area contributed by atoms with Crippen LogP contribution in [0.1, 0.15) is 41.4 Å². The summed E-state index contributed by atoms with van der Waals surface area (Å²) in [4.78, 5) is 51.2. The minimum atomic E-state index is -0.527. The van der Waals surface area contributed by atoms with Crippen molar-refractivity contribution in [2.45, 2.75) is 0 Å². The fourth-order valence-electron chi connectivity index (χ4n) is 3.39. The number of carbonyl (C=O) groups is 4. The van der Waals surface area contributed by atoms with Gasteiger partial charge in [0.2, 0.25) is 0 Å². The molecule has 8 heteroatoms. The number of rotatable bonds is 5. The molecule has 0 bridgehead atoms. The Kier molecular flexibility index (Phi) is 5.43. The van der Waals surface area contributed by atoms with Gasteiger partial charge in [-0.05, 0) is 60.7 Å². The molecule has 3 aromatic rings. The highest BCUT2D eigenvalue weighted by molar-refractivity contribution is 6.34. The maximum atomic E-state index is 12.9. The van der Waals surface area contributed by atoms with Gasteiger partial charge in [-0.3, -0.25) is 14.4 Å². The van der Waals surface area contributed by atoms with Crippen LogP contribution in [0.3, 0.4) is 0 Å². The molecule has 3 aromatic carbocycles. The molecule has 1 aliphatic heterocycles. The zero-order chi connectivity index (χ0) is 22.8. The third-order valence-electron chi connectivity index (χ3n) is 5.02. The molecule has 0 spiro atoms. The van der Waals surface area contributed by atoms with E-state index in [1.54, 1.807) is 42.5 Å². The second-order valence-electron chi connectivity index (χ2n) is 6.93. The first-order valence-electron chi connectivity index (χ1n) is 9.59. The highest BCUT2D eigenvalue weighted by atomic mass is 16.5. The molecular formula is C24H18N2O6. The van der Waals surface area contributed by atoms with Crippen molar-refractivity contribution in [1.82, 2.24) is 0 Å². The van der Waals surface area contributed by atoms with E-state index in [4.69, 9.17) is 4.74 Å². The van der Waals surface area contributed by atoms with Crippen LogP contribution in [0.5, 0.6) is 5.75 Å². The Labute approximate surface area is 183 Å².